The number of nitrogens with one attached hydrogen (secondary N) is 1. The summed E-state index contributed by atoms with van der Waals surface area (Å²) in [6, 6.07) is 0. The van der Waals surface area contributed by atoms with Crippen LogP contribution >= 0.6 is 0 Å². The van der Waals surface area contributed by atoms with Crippen molar-refractivity contribution in [1.29, 1.82) is 5.41 Å². The van der Waals surface area contributed by atoms with E-state index < -0.39 is 0 Å². The standard InChI is InChI=1S/C18H29NO/c1-3-4-16(17(20)12(2)19)11-18-8-13-5-14(9-18)7-15(6-13)10-18/h13-16,19H,3-11H2,1-2H3. The minimum Gasteiger partial charge on any atom is -0.302 e. The van der Waals surface area contributed by atoms with Gasteiger partial charge in [-0.15, -0.1) is 0 Å². The van der Waals surface area contributed by atoms with Crippen LogP contribution in [0, 0.1) is 34.5 Å². The number of ketones is 1. The Morgan fingerprint density at radius 3 is 2.05 bits per heavy atom. The van der Waals surface area contributed by atoms with Crippen molar-refractivity contribution in [3.63, 3.8) is 0 Å². The molecule has 4 aliphatic carbocycles. The van der Waals surface area contributed by atoms with E-state index in [0.717, 1.165) is 37.0 Å². The predicted octanol–water partition coefficient (Wildman–Crippen LogP) is 4.62. The van der Waals surface area contributed by atoms with Crippen LogP contribution < -0.4 is 0 Å². The lowest BCUT2D eigenvalue weighted by Gasteiger charge is -2.57. The molecule has 4 saturated carbocycles. The largest absolute Gasteiger partial charge is 0.302 e. The van der Waals surface area contributed by atoms with Crippen LogP contribution in [0.2, 0.25) is 0 Å². The van der Waals surface area contributed by atoms with Gasteiger partial charge in [0.05, 0.1) is 5.71 Å². The molecule has 0 heterocycles. The van der Waals surface area contributed by atoms with Gasteiger partial charge in [-0.2, -0.15) is 0 Å². The highest BCUT2D eigenvalue weighted by atomic mass is 16.1. The minimum absolute atomic E-state index is 0.127. The molecule has 1 N–H and O–H groups in total. The molecule has 1 atom stereocenters. The van der Waals surface area contributed by atoms with Crippen molar-refractivity contribution in [2.45, 2.75) is 71.6 Å². The molecule has 0 aromatic carbocycles. The molecule has 0 aliphatic heterocycles. The van der Waals surface area contributed by atoms with Gasteiger partial charge in [-0.1, -0.05) is 13.3 Å². The van der Waals surface area contributed by atoms with Crippen LogP contribution in [0.5, 0.6) is 0 Å². The van der Waals surface area contributed by atoms with Gasteiger partial charge in [0.25, 0.3) is 0 Å². The van der Waals surface area contributed by atoms with Crippen LogP contribution in [-0.4, -0.2) is 11.5 Å². The first kappa shape index (κ1) is 14.3. The second-order valence-corrected chi connectivity index (χ2v) is 8.10. The molecule has 1 unspecified atom stereocenters. The summed E-state index contributed by atoms with van der Waals surface area (Å²) in [7, 11) is 0. The van der Waals surface area contributed by atoms with Gasteiger partial charge in [0.15, 0.2) is 5.78 Å². The molecule has 0 radical (unpaired) electrons. The van der Waals surface area contributed by atoms with Crippen LogP contribution in [0.3, 0.4) is 0 Å². The van der Waals surface area contributed by atoms with Crippen molar-refractivity contribution in [3.8, 4) is 0 Å². The van der Waals surface area contributed by atoms with Crippen LogP contribution in [-0.2, 0) is 4.79 Å². The van der Waals surface area contributed by atoms with E-state index in [9.17, 15) is 4.79 Å². The highest BCUT2D eigenvalue weighted by molar-refractivity contribution is 6.38. The molecule has 0 saturated heterocycles. The van der Waals surface area contributed by atoms with Gasteiger partial charge in [-0.3, -0.25) is 4.79 Å². The average Bonchev–Trinajstić information content (AvgIpc) is 2.35. The Kier molecular flexibility index (Phi) is 3.77. The van der Waals surface area contributed by atoms with Gasteiger partial charge in [-0.25, -0.2) is 0 Å². The summed E-state index contributed by atoms with van der Waals surface area (Å²) in [5, 5.41) is 7.70. The van der Waals surface area contributed by atoms with E-state index in [0.29, 0.717) is 5.41 Å². The fourth-order valence-corrected chi connectivity index (χ4v) is 6.04. The van der Waals surface area contributed by atoms with Gasteiger partial charge in [0.2, 0.25) is 0 Å². The number of carbonyl (C=O) groups excluding carboxylic acids is 1. The SMILES string of the molecule is CCCC(CC12CC3CC(CC(C3)C1)C2)C(=O)C(C)=N. The third-order valence-corrected chi connectivity index (χ3v) is 6.22. The second-order valence-electron chi connectivity index (χ2n) is 8.10. The van der Waals surface area contributed by atoms with Crippen molar-refractivity contribution in [2.24, 2.45) is 29.1 Å². The Bertz CT molecular complexity index is 376. The van der Waals surface area contributed by atoms with Crippen molar-refractivity contribution in [3.05, 3.63) is 0 Å². The Hall–Kier alpha value is -0.660. The predicted molar refractivity (Wildman–Crippen MR) is 82.0 cm³/mol. The Morgan fingerprint density at radius 1 is 1.15 bits per heavy atom. The van der Waals surface area contributed by atoms with Crippen LogP contribution in [0.4, 0.5) is 0 Å². The van der Waals surface area contributed by atoms with Crippen molar-refractivity contribution in [2.75, 3.05) is 0 Å². The first-order valence-corrected chi connectivity index (χ1v) is 8.60. The molecule has 0 aromatic rings. The van der Waals surface area contributed by atoms with Crippen LogP contribution in [0.15, 0.2) is 0 Å². The van der Waals surface area contributed by atoms with Crippen molar-refractivity contribution >= 4 is 11.5 Å². The lowest BCUT2D eigenvalue weighted by Crippen LogP contribution is -2.47. The lowest BCUT2D eigenvalue weighted by molar-refractivity contribution is -0.121. The van der Waals surface area contributed by atoms with E-state index >= 15 is 0 Å². The number of hydrogen-bond acceptors (Lipinski definition) is 2. The third-order valence-electron chi connectivity index (χ3n) is 6.22. The summed E-state index contributed by atoms with van der Waals surface area (Å²) in [5.41, 5.74) is 0.743. The quantitative estimate of drug-likeness (QED) is 0.706. The van der Waals surface area contributed by atoms with Gasteiger partial charge in [0.1, 0.15) is 0 Å². The zero-order chi connectivity index (χ0) is 14.3. The molecule has 2 nitrogen and oxygen atoms in total. The Balaban J connectivity index is 1.74. The zero-order valence-corrected chi connectivity index (χ0v) is 13.1. The normalized spacial score (nSPS) is 39.8. The smallest absolute Gasteiger partial charge is 0.179 e. The third kappa shape index (κ3) is 2.58. The number of hydrogen-bond donors (Lipinski definition) is 1. The van der Waals surface area contributed by atoms with E-state index in [1.165, 1.54) is 38.5 Å². The molecule has 2 heteroatoms. The summed E-state index contributed by atoms with van der Waals surface area (Å²) >= 11 is 0. The molecule has 112 valence electrons. The van der Waals surface area contributed by atoms with E-state index in [-0.39, 0.29) is 17.4 Å². The topological polar surface area (TPSA) is 40.9 Å². The van der Waals surface area contributed by atoms with Gasteiger partial charge >= 0.3 is 0 Å². The lowest BCUT2D eigenvalue weighted by atomic mass is 9.48. The van der Waals surface area contributed by atoms with Gasteiger partial charge < -0.3 is 5.41 Å². The number of Topliss-reactive ketones (excluding diaryl/α,β-unsaturated/α-hetero) is 1. The summed E-state index contributed by atoms with van der Waals surface area (Å²) < 4.78 is 0. The van der Waals surface area contributed by atoms with Crippen LogP contribution in [0.1, 0.15) is 71.6 Å². The molecular weight excluding hydrogens is 246 g/mol. The highest BCUT2D eigenvalue weighted by Crippen LogP contribution is 2.62. The molecule has 0 spiro atoms. The Morgan fingerprint density at radius 2 is 1.65 bits per heavy atom. The van der Waals surface area contributed by atoms with E-state index in [4.69, 9.17) is 5.41 Å². The van der Waals surface area contributed by atoms with Crippen molar-refractivity contribution in [1.82, 2.24) is 0 Å². The summed E-state index contributed by atoms with van der Waals surface area (Å²) in [6.07, 6.45) is 11.7. The molecule has 20 heavy (non-hydrogen) atoms. The number of rotatable bonds is 6. The first-order chi connectivity index (χ1) is 9.51. The first-order valence-electron chi connectivity index (χ1n) is 8.60. The fraction of sp³-hybridized carbons (Fsp3) is 0.889. The minimum atomic E-state index is 0.127. The Labute approximate surface area is 123 Å². The molecule has 4 rings (SSSR count). The molecule has 0 aromatic heterocycles. The zero-order valence-electron chi connectivity index (χ0n) is 13.1. The molecular formula is C18H29NO. The van der Waals surface area contributed by atoms with Gasteiger partial charge in [0, 0.05) is 5.92 Å². The van der Waals surface area contributed by atoms with Crippen molar-refractivity contribution < 1.29 is 4.79 Å². The maximum absolute atomic E-state index is 12.3. The maximum atomic E-state index is 12.3. The fourth-order valence-electron chi connectivity index (χ4n) is 6.04. The maximum Gasteiger partial charge on any atom is 0.179 e. The summed E-state index contributed by atoms with van der Waals surface area (Å²) in [5.74, 6) is 3.13. The van der Waals surface area contributed by atoms with E-state index in [2.05, 4.69) is 6.92 Å². The second kappa shape index (κ2) is 5.27. The molecule has 0 amide bonds. The van der Waals surface area contributed by atoms with E-state index in [1.54, 1.807) is 6.92 Å². The highest BCUT2D eigenvalue weighted by Gasteiger charge is 2.51. The molecule has 4 fully saturated rings. The summed E-state index contributed by atoms with van der Waals surface area (Å²) in [6.45, 7) is 3.84. The van der Waals surface area contributed by atoms with Crippen LogP contribution in [0.25, 0.3) is 0 Å². The van der Waals surface area contributed by atoms with Gasteiger partial charge in [-0.05, 0) is 81.5 Å². The van der Waals surface area contributed by atoms with E-state index in [1.807, 2.05) is 0 Å². The average molecular weight is 275 g/mol. The molecule has 4 aliphatic rings. The molecule has 4 bridgehead atoms. The number of carbonyl (C=O) groups is 1. The summed E-state index contributed by atoms with van der Waals surface area (Å²) in [4.78, 5) is 12.3. The monoisotopic (exact) mass is 275 g/mol.